The number of carbonyl (C=O) groups excluding carboxylic acids is 1. The summed E-state index contributed by atoms with van der Waals surface area (Å²) in [5.74, 6) is -0.436. The van der Waals surface area contributed by atoms with Crippen molar-refractivity contribution in [2.24, 2.45) is 0 Å². The fourth-order valence-electron chi connectivity index (χ4n) is 2.45. The lowest BCUT2D eigenvalue weighted by atomic mass is 10.1. The number of anilines is 2. The molecule has 0 fully saturated rings. The van der Waals surface area contributed by atoms with E-state index < -0.39 is 5.97 Å². The van der Waals surface area contributed by atoms with E-state index >= 15 is 0 Å². The Morgan fingerprint density at radius 1 is 1.24 bits per heavy atom. The van der Waals surface area contributed by atoms with E-state index in [1.165, 1.54) is 6.20 Å². The fraction of sp³-hybridized carbons (Fsp3) is 0.211. The zero-order valence-corrected chi connectivity index (χ0v) is 15.0. The third-order valence-corrected chi connectivity index (χ3v) is 3.76. The smallest absolute Gasteiger partial charge is 0.342 e. The van der Waals surface area contributed by atoms with E-state index in [0.29, 0.717) is 21.9 Å². The topological polar surface area (TPSA) is 64.1 Å². The molecule has 0 unspecified atom stereocenters. The second kappa shape index (κ2) is 7.07. The number of rotatable bonds is 4. The molecule has 3 rings (SSSR count). The summed E-state index contributed by atoms with van der Waals surface area (Å²) in [4.78, 5) is 21.2. The summed E-state index contributed by atoms with van der Waals surface area (Å²) in [6.07, 6.45) is 1.27. The third kappa shape index (κ3) is 3.88. The maximum atomic E-state index is 12.5. The summed E-state index contributed by atoms with van der Waals surface area (Å²) >= 11 is 6.06. The van der Waals surface area contributed by atoms with E-state index in [4.69, 9.17) is 16.3 Å². The number of hydrogen-bond donors (Lipinski definition) is 1. The first kappa shape index (κ1) is 17.2. The van der Waals surface area contributed by atoms with Gasteiger partial charge >= 0.3 is 5.97 Å². The molecular weight excluding hydrogens is 338 g/mol. The molecule has 3 aromatic rings. The van der Waals surface area contributed by atoms with Crippen molar-refractivity contribution in [3.05, 3.63) is 58.9 Å². The summed E-state index contributed by atoms with van der Waals surface area (Å²) < 4.78 is 5.35. The zero-order valence-electron chi connectivity index (χ0n) is 14.2. The predicted molar refractivity (Wildman–Crippen MR) is 99.6 cm³/mol. The number of pyridine rings is 2. The highest BCUT2D eigenvalue weighted by Crippen LogP contribution is 2.30. The van der Waals surface area contributed by atoms with Gasteiger partial charge in [-0.25, -0.2) is 14.8 Å². The summed E-state index contributed by atoms with van der Waals surface area (Å²) in [7, 11) is 0. The summed E-state index contributed by atoms with van der Waals surface area (Å²) in [5.41, 5.74) is 3.13. The first-order valence-electron chi connectivity index (χ1n) is 7.94. The molecular formula is C19H18ClN3O2. The van der Waals surface area contributed by atoms with Crippen LogP contribution in [-0.2, 0) is 4.74 Å². The molecule has 0 saturated heterocycles. The summed E-state index contributed by atoms with van der Waals surface area (Å²) in [6.45, 7) is 5.51. The number of hydrogen-bond acceptors (Lipinski definition) is 5. The van der Waals surface area contributed by atoms with Crippen LogP contribution in [0.1, 0.15) is 29.9 Å². The molecule has 0 saturated carbocycles. The maximum Gasteiger partial charge on any atom is 0.342 e. The minimum atomic E-state index is -0.436. The first-order chi connectivity index (χ1) is 11.9. The standard InChI is InChI=1S/C19H18ClN3O2/c1-11(2)25-19(24)16-10-21-18-15(8-7-12(3)22-18)17(16)23-14-6-4-5-13(20)9-14/h4-11H,1-3H3,(H,21,22,23). The van der Waals surface area contributed by atoms with Crippen molar-refractivity contribution < 1.29 is 9.53 Å². The average molecular weight is 356 g/mol. The highest BCUT2D eigenvalue weighted by molar-refractivity contribution is 6.30. The number of aryl methyl sites for hydroxylation is 1. The maximum absolute atomic E-state index is 12.5. The molecule has 25 heavy (non-hydrogen) atoms. The van der Waals surface area contributed by atoms with Crippen molar-refractivity contribution in [1.29, 1.82) is 0 Å². The van der Waals surface area contributed by atoms with Crippen molar-refractivity contribution in [2.45, 2.75) is 26.9 Å². The van der Waals surface area contributed by atoms with Crippen LogP contribution in [0.2, 0.25) is 5.02 Å². The highest BCUT2D eigenvalue weighted by Gasteiger charge is 2.19. The first-order valence-corrected chi connectivity index (χ1v) is 8.32. The van der Waals surface area contributed by atoms with E-state index in [1.807, 2.05) is 31.2 Å². The van der Waals surface area contributed by atoms with E-state index in [1.54, 1.807) is 26.0 Å². The van der Waals surface area contributed by atoms with Crippen LogP contribution in [0.25, 0.3) is 11.0 Å². The Morgan fingerprint density at radius 3 is 2.76 bits per heavy atom. The van der Waals surface area contributed by atoms with Crippen LogP contribution >= 0.6 is 11.6 Å². The number of ether oxygens (including phenoxy) is 1. The van der Waals surface area contributed by atoms with Gasteiger partial charge in [0, 0.05) is 28.0 Å². The number of carbonyl (C=O) groups is 1. The lowest BCUT2D eigenvalue weighted by Gasteiger charge is -2.15. The van der Waals surface area contributed by atoms with Gasteiger partial charge in [-0.1, -0.05) is 17.7 Å². The van der Waals surface area contributed by atoms with E-state index in [-0.39, 0.29) is 6.10 Å². The van der Waals surface area contributed by atoms with Gasteiger partial charge < -0.3 is 10.1 Å². The quantitative estimate of drug-likeness (QED) is 0.674. The Morgan fingerprint density at radius 2 is 2.04 bits per heavy atom. The molecule has 0 aliphatic heterocycles. The molecule has 2 aromatic heterocycles. The van der Waals surface area contributed by atoms with Gasteiger partial charge in [0.2, 0.25) is 0 Å². The number of esters is 1. The molecule has 1 aromatic carbocycles. The summed E-state index contributed by atoms with van der Waals surface area (Å²) in [5, 5.41) is 4.60. The van der Waals surface area contributed by atoms with Crippen LogP contribution in [-0.4, -0.2) is 22.0 Å². The van der Waals surface area contributed by atoms with Crippen molar-refractivity contribution >= 4 is 40.0 Å². The van der Waals surface area contributed by atoms with Gasteiger partial charge in [0.25, 0.3) is 0 Å². The Balaban J connectivity index is 2.14. The van der Waals surface area contributed by atoms with E-state index in [2.05, 4.69) is 15.3 Å². The Bertz CT molecular complexity index is 941. The second-order valence-corrected chi connectivity index (χ2v) is 6.40. The molecule has 0 atom stereocenters. The van der Waals surface area contributed by atoms with Crippen LogP contribution in [0.4, 0.5) is 11.4 Å². The van der Waals surface area contributed by atoms with Gasteiger partial charge in [-0.15, -0.1) is 0 Å². The van der Waals surface area contributed by atoms with Gasteiger partial charge in [0.05, 0.1) is 11.8 Å². The number of fused-ring (bicyclic) bond motifs is 1. The Labute approximate surface area is 151 Å². The summed E-state index contributed by atoms with van der Waals surface area (Å²) in [6, 6.07) is 11.1. The second-order valence-electron chi connectivity index (χ2n) is 5.96. The molecule has 5 nitrogen and oxygen atoms in total. The molecule has 0 aliphatic carbocycles. The Hall–Kier alpha value is -2.66. The predicted octanol–water partition coefficient (Wildman–Crippen LogP) is 4.90. The minimum absolute atomic E-state index is 0.224. The van der Waals surface area contributed by atoms with Gasteiger partial charge in [-0.2, -0.15) is 0 Å². The molecule has 0 aliphatic rings. The van der Waals surface area contributed by atoms with E-state index in [0.717, 1.165) is 16.8 Å². The molecule has 2 heterocycles. The Kier molecular flexibility index (Phi) is 4.86. The number of aromatic nitrogens is 2. The van der Waals surface area contributed by atoms with E-state index in [9.17, 15) is 4.79 Å². The molecule has 128 valence electrons. The lowest BCUT2D eigenvalue weighted by molar-refractivity contribution is 0.0379. The number of nitrogens with zero attached hydrogens (tertiary/aromatic N) is 2. The molecule has 0 spiro atoms. The van der Waals surface area contributed by atoms with Crippen molar-refractivity contribution in [3.8, 4) is 0 Å². The van der Waals surface area contributed by atoms with Gasteiger partial charge in [-0.3, -0.25) is 0 Å². The minimum Gasteiger partial charge on any atom is -0.459 e. The van der Waals surface area contributed by atoms with Crippen LogP contribution in [0.3, 0.4) is 0 Å². The monoisotopic (exact) mass is 355 g/mol. The van der Waals surface area contributed by atoms with Gasteiger partial charge in [-0.05, 0) is 51.1 Å². The van der Waals surface area contributed by atoms with Crippen molar-refractivity contribution in [2.75, 3.05) is 5.32 Å². The third-order valence-electron chi connectivity index (χ3n) is 3.53. The normalized spacial score (nSPS) is 10.9. The molecule has 0 amide bonds. The number of nitrogens with one attached hydrogen (secondary N) is 1. The van der Waals surface area contributed by atoms with Crippen LogP contribution in [0, 0.1) is 6.92 Å². The van der Waals surface area contributed by atoms with Crippen LogP contribution in [0.5, 0.6) is 0 Å². The molecule has 0 bridgehead atoms. The van der Waals surface area contributed by atoms with Crippen molar-refractivity contribution in [1.82, 2.24) is 9.97 Å². The van der Waals surface area contributed by atoms with Crippen LogP contribution < -0.4 is 5.32 Å². The number of halogens is 1. The van der Waals surface area contributed by atoms with Crippen LogP contribution in [0.15, 0.2) is 42.6 Å². The lowest BCUT2D eigenvalue weighted by Crippen LogP contribution is -2.14. The molecule has 0 radical (unpaired) electrons. The molecule has 6 heteroatoms. The highest BCUT2D eigenvalue weighted by atomic mass is 35.5. The largest absolute Gasteiger partial charge is 0.459 e. The SMILES string of the molecule is Cc1ccc2c(Nc3cccc(Cl)c3)c(C(=O)OC(C)C)cnc2n1. The fourth-order valence-corrected chi connectivity index (χ4v) is 2.64. The molecule has 1 N–H and O–H groups in total. The van der Waals surface area contributed by atoms with Gasteiger partial charge in [0.15, 0.2) is 5.65 Å². The number of benzene rings is 1. The van der Waals surface area contributed by atoms with Crippen molar-refractivity contribution in [3.63, 3.8) is 0 Å². The van der Waals surface area contributed by atoms with Gasteiger partial charge in [0.1, 0.15) is 5.56 Å². The average Bonchev–Trinajstić information content (AvgIpc) is 2.54. The zero-order chi connectivity index (χ0) is 18.0.